The number of hydrogen-bond donors (Lipinski definition) is 1. The summed E-state index contributed by atoms with van der Waals surface area (Å²) in [6.45, 7) is 0.723. The molecule has 4 aromatic carbocycles. The van der Waals surface area contributed by atoms with E-state index < -0.39 is 11.7 Å². The van der Waals surface area contributed by atoms with Gasteiger partial charge in [-0.3, -0.25) is 0 Å². The van der Waals surface area contributed by atoms with E-state index in [1.165, 1.54) is 0 Å². The van der Waals surface area contributed by atoms with Crippen molar-refractivity contribution in [3.8, 4) is 5.75 Å². The molecule has 1 unspecified atom stereocenters. The molecule has 0 bridgehead atoms. The van der Waals surface area contributed by atoms with E-state index in [1.54, 1.807) is 7.11 Å². The van der Waals surface area contributed by atoms with Crippen molar-refractivity contribution in [1.82, 2.24) is 0 Å². The number of benzene rings is 4. The van der Waals surface area contributed by atoms with Crippen molar-refractivity contribution in [2.24, 2.45) is 0 Å². The highest BCUT2D eigenvalue weighted by atomic mass is 16.5. The van der Waals surface area contributed by atoms with Crippen LogP contribution in [0, 0.1) is 0 Å². The number of ether oxygens (including phenoxy) is 3. The third-order valence-electron chi connectivity index (χ3n) is 5.77. The summed E-state index contributed by atoms with van der Waals surface area (Å²) in [5.74, 6) is 0.771. The van der Waals surface area contributed by atoms with Crippen LogP contribution in [0.4, 0.5) is 0 Å². The number of rotatable bonds is 11. The summed E-state index contributed by atoms with van der Waals surface area (Å²) in [5.41, 5.74) is 3.06. The van der Waals surface area contributed by atoms with E-state index in [9.17, 15) is 5.11 Å². The third-order valence-corrected chi connectivity index (χ3v) is 5.77. The van der Waals surface area contributed by atoms with Gasteiger partial charge >= 0.3 is 0 Å². The van der Waals surface area contributed by atoms with Gasteiger partial charge in [-0.05, 0) is 34.4 Å². The van der Waals surface area contributed by atoms with Gasteiger partial charge in [0.1, 0.15) is 17.5 Å². The van der Waals surface area contributed by atoms with E-state index in [-0.39, 0.29) is 13.2 Å². The molecule has 4 heteroatoms. The van der Waals surface area contributed by atoms with E-state index in [0.29, 0.717) is 6.61 Å². The lowest BCUT2D eigenvalue weighted by Gasteiger charge is -2.36. The minimum Gasteiger partial charge on any atom is -0.497 e. The Balaban J connectivity index is 1.61. The smallest absolute Gasteiger partial charge is 0.143 e. The Kier molecular flexibility index (Phi) is 8.10. The monoisotopic (exact) mass is 454 g/mol. The van der Waals surface area contributed by atoms with Crippen LogP contribution in [0.25, 0.3) is 0 Å². The lowest BCUT2D eigenvalue weighted by atomic mass is 9.80. The van der Waals surface area contributed by atoms with Gasteiger partial charge in [-0.2, -0.15) is 0 Å². The summed E-state index contributed by atoms with van der Waals surface area (Å²) in [5, 5.41) is 10.7. The molecule has 0 radical (unpaired) electrons. The number of methoxy groups -OCH3 is 1. The number of aliphatic hydroxyl groups excluding tert-OH is 1. The molecule has 174 valence electrons. The highest BCUT2D eigenvalue weighted by molar-refractivity contribution is 5.48. The Morgan fingerprint density at radius 1 is 0.647 bits per heavy atom. The number of aliphatic hydroxyl groups is 1. The van der Waals surface area contributed by atoms with Gasteiger partial charge in [-0.25, -0.2) is 0 Å². The van der Waals surface area contributed by atoms with Crippen LogP contribution < -0.4 is 4.74 Å². The fourth-order valence-electron chi connectivity index (χ4n) is 4.08. The van der Waals surface area contributed by atoms with Gasteiger partial charge in [0, 0.05) is 0 Å². The first-order valence-corrected chi connectivity index (χ1v) is 11.4. The van der Waals surface area contributed by atoms with Gasteiger partial charge in [-0.15, -0.1) is 0 Å². The second kappa shape index (κ2) is 11.6. The van der Waals surface area contributed by atoms with E-state index in [2.05, 4.69) is 24.3 Å². The molecule has 0 heterocycles. The van der Waals surface area contributed by atoms with Crippen LogP contribution in [0.5, 0.6) is 5.75 Å². The van der Waals surface area contributed by atoms with Gasteiger partial charge in [0.15, 0.2) is 0 Å². The standard InChI is InChI=1S/C30H30O4/c1-32-29-19-17-27(18-20-29)30(25-13-7-3-8-14-25,26-15-9-4-10-16-26)34-23-28(31)22-33-21-24-11-5-2-6-12-24/h2-20,28,31H,21-23H2,1H3. The molecule has 1 atom stereocenters. The van der Waals surface area contributed by atoms with Crippen molar-refractivity contribution < 1.29 is 19.3 Å². The first kappa shape index (κ1) is 23.7. The first-order valence-electron chi connectivity index (χ1n) is 11.4. The molecule has 0 spiro atoms. The molecule has 0 fully saturated rings. The molecule has 0 saturated carbocycles. The van der Waals surface area contributed by atoms with Crippen molar-refractivity contribution in [3.63, 3.8) is 0 Å². The van der Waals surface area contributed by atoms with Crippen LogP contribution >= 0.6 is 0 Å². The highest BCUT2D eigenvalue weighted by Crippen LogP contribution is 2.41. The van der Waals surface area contributed by atoms with Gasteiger partial charge < -0.3 is 19.3 Å². The average molecular weight is 455 g/mol. The summed E-state index contributed by atoms with van der Waals surface area (Å²) >= 11 is 0. The molecule has 0 saturated heterocycles. The average Bonchev–Trinajstić information content (AvgIpc) is 2.91. The van der Waals surface area contributed by atoms with Crippen molar-refractivity contribution in [1.29, 1.82) is 0 Å². The summed E-state index contributed by atoms with van der Waals surface area (Å²) in [4.78, 5) is 0. The summed E-state index contributed by atoms with van der Waals surface area (Å²) in [6.07, 6.45) is -0.784. The molecule has 4 nitrogen and oxygen atoms in total. The molecule has 0 amide bonds. The molecular formula is C30H30O4. The van der Waals surface area contributed by atoms with Crippen LogP contribution in [0.2, 0.25) is 0 Å². The predicted molar refractivity (Wildman–Crippen MR) is 134 cm³/mol. The largest absolute Gasteiger partial charge is 0.497 e. The van der Waals surface area contributed by atoms with Gasteiger partial charge in [-0.1, -0.05) is 103 Å². The van der Waals surface area contributed by atoms with Gasteiger partial charge in [0.25, 0.3) is 0 Å². The Bertz CT molecular complexity index is 1070. The zero-order chi connectivity index (χ0) is 23.6. The quantitative estimate of drug-likeness (QED) is 0.301. The molecule has 0 aromatic heterocycles. The second-order valence-corrected chi connectivity index (χ2v) is 8.11. The van der Waals surface area contributed by atoms with Crippen molar-refractivity contribution >= 4 is 0 Å². The van der Waals surface area contributed by atoms with Crippen LogP contribution in [0.3, 0.4) is 0 Å². The fourth-order valence-corrected chi connectivity index (χ4v) is 4.08. The highest BCUT2D eigenvalue weighted by Gasteiger charge is 2.38. The van der Waals surface area contributed by atoms with E-state index in [4.69, 9.17) is 14.2 Å². The van der Waals surface area contributed by atoms with E-state index in [1.807, 2.05) is 91.0 Å². The van der Waals surface area contributed by atoms with Crippen LogP contribution in [0.1, 0.15) is 22.3 Å². The Labute approximate surface area is 201 Å². The van der Waals surface area contributed by atoms with Crippen molar-refractivity contribution in [2.45, 2.75) is 18.3 Å². The molecule has 1 N–H and O–H groups in total. The minimum atomic E-state index is -0.908. The molecule has 4 aromatic rings. The second-order valence-electron chi connectivity index (χ2n) is 8.11. The van der Waals surface area contributed by atoms with E-state index in [0.717, 1.165) is 28.0 Å². The van der Waals surface area contributed by atoms with Gasteiger partial charge in [0.2, 0.25) is 0 Å². The zero-order valence-electron chi connectivity index (χ0n) is 19.3. The van der Waals surface area contributed by atoms with Crippen molar-refractivity contribution in [3.05, 3.63) is 138 Å². The lowest BCUT2D eigenvalue weighted by Crippen LogP contribution is -2.36. The molecule has 0 aliphatic heterocycles. The minimum absolute atomic E-state index is 0.102. The topological polar surface area (TPSA) is 47.9 Å². The maximum atomic E-state index is 10.7. The predicted octanol–water partition coefficient (Wildman–Crippen LogP) is 5.58. The summed E-state index contributed by atoms with van der Waals surface area (Å²) in [7, 11) is 1.65. The molecule has 4 rings (SSSR count). The summed E-state index contributed by atoms with van der Waals surface area (Å²) in [6, 6.07) is 38.0. The molecule has 0 aliphatic rings. The van der Waals surface area contributed by atoms with E-state index >= 15 is 0 Å². The molecule has 0 aliphatic carbocycles. The van der Waals surface area contributed by atoms with Crippen LogP contribution in [-0.4, -0.2) is 31.5 Å². The lowest BCUT2D eigenvalue weighted by molar-refractivity contribution is -0.0662. The maximum Gasteiger partial charge on any atom is 0.143 e. The third kappa shape index (κ3) is 5.54. The van der Waals surface area contributed by atoms with Crippen molar-refractivity contribution in [2.75, 3.05) is 20.3 Å². The Morgan fingerprint density at radius 3 is 1.68 bits per heavy atom. The number of hydrogen-bond acceptors (Lipinski definition) is 4. The molecular weight excluding hydrogens is 424 g/mol. The zero-order valence-corrected chi connectivity index (χ0v) is 19.3. The van der Waals surface area contributed by atoms with Crippen LogP contribution in [-0.2, 0) is 21.7 Å². The maximum absolute atomic E-state index is 10.7. The molecule has 34 heavy (non-hydrogen) atoms. The Hall–Kier alpha value is -3.44. The SMILES string of the molecule is COc1ccc(C(OCC(O)COCc2ccccc2)(c2ccccc2)c2ccccc2)cc1. The van der Waals surface area contributed by atoms with Crippen LogP contribution in [0.15, 0.2) is 115 Å². The normalized spacial score (nSPS) is 12.3. The fraction of sp³-hybridized carbons (Fsp3) is 0.200. The van der Waals surface area contributed by atoms with Gasteiger partial charge in [0.05, 0.1) is 26.9 Å². The Morgan fingerprint density at radius 2 is 1.15 bits per heavy atom. The summed E-state index contributed by atoms with van der Waals surface area (Å²) < 4.78 is 17.8. The first-order chi connectivity index (χ1) is 16.7.